The molecule has 1 aromatic heterocycles. The van der Waals surface area contributed by atoms with E-state index in [1.165, 1.54) is 24.3 Å². The highest BCUT2D eigenvalue weighted by Gasteiger charge is 2.32. The number of pyridine rings is 1. The number of hydrogen-bond donors (Lipinski definition) is 1. The molecule has 2 N–H and O–H groups in total. The lowest BCUT2D eigenvalue weighted by Gasteiger charge is -2.14. The van der Waals surface area contributed by atoms with Crippen molar-refractivity contribution < 1.29 is 22.6 Å². The molecule has 112 valence electrons. The van der Waals surface area contributed by atoms with Crippen LogP contribution >= 0.6 is 0 Å². The van der Waals surface area contributed by atoms with Crippen LogP contribution < -0.4 is 15.2 Å². The summed E-state index contributed by atoms with van der Waals surface area (Å²) in [6, 6.07) is 8.95. The van der Waals surface area contributed by atoms with E-state index in [1.807, 2.05) is 0 Å². The molecule has 0 amide bonds. The van der Waals surface area contributed by atoms with Crippen molar-refractivity contribution in [2.24, 2.45) is 5.73 Å². The quantitative estimate of drug-likeness (QED) is 0.938. The molecular weight excluding hydrogens is 285 g/mol. The van der Waals surface area contributed by atoms with Crippen molar-refractivity contribution in [3.05, 3.63) is 47.7 Å². The Morgan fingerprint density at radius 2 is 1.76 bits per heavy atom. The summed E-state index contributed by atoms with van der Waals surface area (Å²) in [6.07, 6.45) is -4.80. The van der Waals surface area contributed by atoms with E-state index in [-0.39, 0.29) is 18.2 Å². The minimum atomic E-state index is -4.80. The summed E-state index contributed by atoms with van der Waals surface area (Å²) in [5, 5.41) is 0. The number of nitrogens with zero attached hydrogens (tertiary/aromatic N) is 1. The zero-order valence-electron chi connectivity index (χ0n) is 11.1. The molecule has 0 unspecified atom stereocenters. The fourth-order valence-electron chi connectivity index (χ4n) is 1.65. The van der Waals surface area contributed by atoms with Crippen LogP contribution in [0.15, 0.2) is 36.4 Å². The number of para-hydroxylation sites is 2. The molecule has 0 aliphatic rings. The molecule has 1 aromatic carbocycles. The van der Waals surface area contributed by atoms with Crippen LogP contribution in [0.4, 0.5) is 13.2 Å². The molecule has 2 rings (SSSR count). The summed E-state index contributed by atoms with van der Waals surface area (Å²) in [5.41, 5.74) is 6.81. The second-order valence-electron chi connectivity index (χ2n) is 4.22. The summed E-state index contributed by atoms with van der Waals surface area (Å²) in [6.45, 7) is 1.90. The van der Waals surface area contributed by atoms with E-state index < -0.39 is 12.1 Å². The van der Waals surface area contributed by atoms with Crippen LogP contribution in [-0.4, -0.2) is 11.3 Å². The van der Waals surface area contributed by atoms with Gasteiger partial charge >= 0.3 is 6.36 Å². The summed E-state index contributed by atoms with van der Waals surface area (Å²) >= 11 is 0. The maximum atomic E-state index is 12.4. The molecule has 0 saturated heterocycles. The predicted molar refractivity (Wildman–Crippen MR) is 70.1 cm³/mol. The lowest BCUT2D eigenvalue weighted by molar-refractivity contribution is -0.275. The minimum Gasteiger partial charge on any atom is -0.435 e. The zero-order chi connectivity index (χ0) is 15.5. The van der Waals surface area contributed by atoms with Crippen molar-refractivity contribution in [3.63, 3.8) is 0 Å². The third-order valence-corrected chi connectivity index (χ3v) is 2.58. The van der Waals surface area contributed by atoms with Crippen molar-refractivity contribution in [2.75, 3.05) is 0 Å². The first-order chi connectivity index (χ1) is 9.89. The molecule has 0 bridgehead atoms. The molecule has 0 aliphatic carbocycles. The molecule has 4 nitrogen and oxygen atoms in total. The van der Waals surface area contributed by atoms with Gasteiger partial charge in [-0.1, -0.05) is 18.2 Å². The van der Waals surface area contributed by atoms with Gasteiger partial charge < -0.3 is 15.2 Å². The maximum Gasteiger partial charge on any atom is 0.573 e. The first-order valence-electron chi connectivity index (χ1n) is 6.08. The molecule has 0 fully saturated rings. The van der Waals surface area contributed by atoms with Gasteiger partial charge in [0.05, 0.1) is 0 Å². The number of hydrogen-bond acceptors (Lipinski definition) is 4. The predicted octanol–water partition coefficient (Wildman–Crippen LogP) is 3.54. The Labute approximate surface area is 119 Å². The standard InChI is InChI=1S/C14H13F3N2O2/c1-9-6-7-10(8-18)13(19-9)20-11-4-2-3-5-12(11)21-14(15,16)17/h2-7H,8,18H2,1H3. The maximum absolute atomic E-state index is 12.4. The van der Waals surface area contributed by atoms with Gasteiger partial charge in [0.2, 0.25) is 5.88 Å². The molecule has 0 atom stereocenters. The normalized spacial score (nSPS) is 11.3. The van der Waals surface area contributed by atoms with Gasteiger partial charge in [-0.3, -0.25) is 0 Å². The minimum absolute atomic E-state index is 0.0809. The first kappa shape index (κ1) is 15.1. The number of aromatic nitrogens is 1. The molecule has 2 aromatic rings. The Morgan fingerprint density at radius 1 is 1.10 bits per heavy atom. The number of nitrogens with two attached hydrogens (primary N) is 1. The van der Waals surface area contributed by atoms with E-state index in [9.17, 15) is 13.2 Å². The van der Waals surface area contributed by atoms with E-state index in [0.717, 1.165) is 0 Å². The highest BCUT2D eigenvalue weighted by molar-refractivity contribution is 5.43. The largest absolute Gasteiger partial charge is 0.573 e. The molecular formula is C14H13F3N2O2. The number of aryl methyl sites for hydroxylation is 1. The third-order valence-electron chi connectivity index (χ3n) is 2.58. The molecule has 7 heteroatoms. The molecule has 0 spiro atoms. The van der Waals surface area contributed by atoms with E-state index in [1.54, 1.807) is 19.1 Å². The zero-order valence-corrected chi connectivity index (χ0v) is 11.1. The van der Waals surface area contributed by atoms with E-state index in [2.05, 4.69) is 9.72 Å². The fraction of sp³-hybridized carbons (Fsp3) is 0.214. The van der Waals surface area contributed by atoms with Crippen LogP contribution in [0.25, 0.3) is 0 Å². The van der Waals surface area contributed by atoms with Crippen molar-refractivity contribution in [1.82, 2.24) is 4.98 Å². The van der Waals surface area contributed by atoms with Crippen molar-refractivity contribution in [1.29, 1.82) is 0 Å². The second-order valence-corrected chi connectivity index (χ2v) is 4.22. The van der Waals surface area contributed by atoms with Crippen LogP contribution in [-0.2, 0) is 6.54 Å². The summed E-state index contributed by atoms with van der Waals surface area (Å²) in [4.78, 5) is 4.14. The summed E-state index contributed by atoms with van der Waals surface area (Å²) < 4.78 is 46.4. The Kier molecular flexibility index (Phi) is 4.32. The van der Waals surface area contributed by atoms with Crippen LogP contribution in [0.5, 0.6) is 17.4 Å². The second kappa shape index (κ2) is 6.01. The average molecular weight is 298 g/mol. The monoisotopic (exact) mass is 298 g/mol. The number of benzene rings is 1. The third kappa shape index (κ3) is 4.09. The Hall–Kier alpha value is -2.28. The van der Waals surface area contributed by atoms with Gasteiger partial charge in [-0.05, 0) is 25.1 Å². The Morgan fingerprint density at radius 3 is 2.38 bits per heavy atom. The lowest BCUT2D eigenvalue weighted by atomic mass is 10.2. The van der Waals surface area contributed by atoms with E-state index in [0.29, 0.717) is 11.3 Å². The number of rotatable bonds is 4. The van der Waals surface area contributed by atoms with Crippen LogP contribution in [0.1, 0.15) is 11.3 Å². The van der Waals surface area contributed by atoms with Gasteiger partial charge in [-0.2, -0.15) is 0 Å². The highest BCUT2D eigenvalue weighted by Crippen LogP contribution is 2.35. The highest BCUT2D eigenvalue weighted by atomic mass is 19.4. The van der Waals surface area contributed by atoms with Gasteiger partial charge in [0.1, 0.15) is 0 Å². The van der Waals surface area contributed by atoms with Crippen molar-refractivity contribution in [2.45, 2.75) is 19.8 Å². The smallest absolute Gasteiger partial charge is 0.435 e. The van der Waals surface area contributed by atoms with Gasteiger partial charge in [0.25, 0.3) is 0 Å². The molecule has 1 heterocycles. The topological polar surface area (TPSA) is 57.4 Å². The Balaban J connectivity index is 2.34. The molecule has 21 heavy (non-hydrogen) atoms. The molecule has 0 radical (unpaired) electrons. The lowest BCUT2D eigenvalue weighted by Crippen LogP contribution is -2.17. The van der Waals surface area contributed by atoms with Crippen LogP contribution in [0, 0.1) is 6.92 Å². The Bertz CT molecular complexity index is 630. The molecule has 0 saturated carbocycles. The number of halogens is 3. The van der Waals surface area contributed by atoms with E-state index in [4.69, 9.17) is 10.5 Å². The summed E-state index contributed by atoms with van der Waals surface area (Å²) in [5.74, 6) is -0.352. The fourth-order valence-corrected chi connectivity index (χ4v) is 1.65. The average Bonchev–Trinajstić information content (AvgIpc) is 2.40. The van der Waals surface area contributed by atoms with E-state index >= 15 is 0 Å². The van der Waals surface area contributed by atoms with Gasteiger partial charge in [-0.25, -0.2) is 4.98 Å². The SMILES string of the molecule is Cc1ccc(CN)c(Oc2ccccc2OC(F)(F)F)n1. The molecule has 0 aliphatic heterocycles. The van der Waals surface area contributed by atoms with Gasteiger partial charge in [0.15, 0.2) is 11.5 Å². The number of ether oxygens (including phenoxy) is 2. The van der Waals surface area contributed by atoms with Crippen LogP contribution in [0.2, 0.25) is 0 Å². The van der Waals surface area contributed by atoms with Gasteiger partial charge in [0, 0.05) is 17.8 Å². The van der Waals surface area contributed by atoms with Gasteiger partial charge in [-0.15, -0.1) is 13.2 Å². The summed E-state index contributed by atoms with van der Waals surface area (Å²) in [7, 11) is 0. The number of alkyl halides is 3. The first-order valence-corrected chi connectivity index (χ1v) is 6.08. The van der Waals surface area contributed by atoms with Crippen molar-refractivity contribution >= 4 is 0 Å². The van der Waals surface area contributed by atoms with Crippen LogP contribution in [0.3, 0.4) is 0 Å². The van der Waals surface area contributed by atoms with Crippen molar-refractivity contribution in [3.8, 4) is 17.4 Å².